The van der Waals surface area contributed by atoms with Gasteiger partial charge >= 0.3 is 12.1 Å². The molecule has 0 aliphatic carbocycles. The Balaban J connectivity index is 2.03. The van der Waals surface area contributed by atoms with E-state index in [1.54, 1.807) is 24.3 Å². The van der Waals surface area contributed by atoms with Gasteiger partial charge in [-0.25, -0.2) is 14.6 Å². The third-order valence-electron chi connectivity index (χ3n) is 2.62. The van der Waals surface area contributed by atoms with E-state index in [0.29, 0.717) is 11.3 Å². The van der Waals surface area contributed by atoms with E-state index < -0.39 is 28.6 Å². The number of carboxylic acids is 1. The van der Waals surface area contributed by atoms with Crippen LogP contribution in [0.15, 0.2) is 35.5 Å². The summed E-state index contributed by atoms with van der Waals surface area (Å²) in [6, 6.07) is 8.96. The van der Waals surface area contributed by atoms with Crippen LogP contribution in [-0.2, 0) is 21.0 Å². The number of aromatic nitrogens is 1. The van der Waals surface area contributed by atoms with Crippen LogP contribution in [0.1, 0.15) is 11.3 Å². The monoisotopic (exact) mass is 353 g/mol. The first-order chi connectivity index (χ1) is 11.5. The van der Waals surface area contributed by atoms with Crippen LogP contribution in [-0.4, -0.2) is 35.0 Å². The molecule has 10 heteroatoms. The molecule has 0 radical (unpaired) electrons. The Morgan fingerprint density at radius 3 is 2.71 bits per heavy atom. The molecule has 2 N–H and O–H groups in total. The van der Waals surface area contributed by atoms with Crippen molar-refractivity contribution < 1.29 is 28.7 Å². The number of nitrogens with zero attached hydrogens (tertiary/aromatic N) is 2. The van der Waals surface area contributed by atoms with Gasteiger partial charge in [0.05, 0.1) is 0 Å². The molecule has 0 bridgehead atoms. The van der Waals surface area contributed by atoms with Crippen molar-refractivity contribution in [2.24, 2.45) is 5.16 Å². The first-order valence-electron chi connectivity index (χ1n) is 6.50. The van der Waals surface area contributed by atoms with Gasteiger partial charge in [0, 0.05) is 0 Å². The highest BCUT2D eigenvalue weighted by Gasteiger charge is 2.24. The first kappa shape index (κ1) is 17.3. The van der Waals surface area contributed by atoms with Gasteiger partial charge in [-0.3, -0.25) is 5.32 Å². The lowest BCUT2D eigenvalue weighted by Crippen LogP contribution is -2.17. The molecular weight excluding hydrogens is 341 g/mol. The predicted molar refractivity (Wildman–Crippen MR) is 83.5 cm³/mol. The molecule has 0 atom stereocenters. The number of thiazole rings is 1. The lowest BCUT2D eigenvalue weighted by Gasteiger charge is -2.04. The summed E-state index contributed by atoms with van der Waals surface area (Å²) in [6.07, 6.45) is -0.847. The fourth-order valence-electron chi connectivity index (χ4n) is 1.62. The molecule has 0 saturated carbocycles. The summed E-state index contributed by atoms with van der Waals surface area (Å²) in [7, 11) is 1.12. The molecule has 0 saturated heterocycles. The number of carbonyl (C=O) groups excluding carboxylic acids is 1. The zero-order chi connectivity index (χ0) is 17.5. The van der Waals surface area contributed by atoms with Gasteiger partial charge in [0.1, 0.15) is 19.4 Å². The van der Waals surface area contributed by atoms with Crippen molar-refractivity contribution in [3.63, 3.8) is 0 Å². The van der Waals surface area contributed by atoms with Crippen LogP contribution in [0.25, 0.3) is 0 Å². The fraction of sp³-hybridized carbons (Fsp3) is 0.143. The number of nitrogens with one attached hydrogen (secondary N) is 1. The summed E-state index contributed by atoms with van der Waals surface area (Å²) in [5, 5.41) is 13.3. The maximum absolute atomic E-state index is 13.8. The molecule has 1 amide bonds. The molecule has 24 heavy (non-hydrogen) atoms. The summed E-state index contributed by atoms with van der Waals surface area (Å²) in [5.74, 6) is -1.51. The number of halogens is 1. The van der Waals surface area contributed by atoms with Gasteiger partial charge in [-0.15, -0.1) is 0 Å². The topological polar surface area (TPSA) is 110 Å². The fourth-order valence-corrected chi connectivity index (χ4v) is 2.30. The van der Waals surface area contributed by atoms with Crippen molar-refractivity contribution >= 4 is 34.2 Å². The van der Waals surface area contributed by atoms with Gasteiger partial charge in [-0.2, -0.15) is 4.39 Å². The Hall–Kier alpha value is -3.01. The molecular formula is C14H12FN3O5S. The quantitative estimate of drug-likeness (QED) is 0.610. The van der Waals surface area contributed by atoms with Crippen molar-refractivity contribution in [2.45, 2.75) is 6.61 Å². The second-order valence-electron chi connectivity index (χ2n) is 4.26. The Bertz CT molecular complexity index is 763. The molecule has 126 valence electrons. The average molecular weight is 353 g/mol. The molecule has 0 aliphatic heterocycles. The molecule has 2 rings (SSSR count). The number of oxime groups is 1. The smallest absolute Gasteiger partial charge is 0.413 e. The highest BCUT2D eigenvalue weighted by Crippen LogP contribution is 2.22. The van der Waals surface area contributed by atoms with Crippen molar-refractivity contribution in [2.75, 3.05) is 12.4 Å². The third-order valence-corrected chi connectivity index (χ3v) is 3.38. The SMILES string of the molecule is CON=C(C(=O)O)c1nc(NC(=O)OCc2ccccc2)sc1F. The van der Waals surface area contributed by atoms with Gasteiger partial charge in [0.2, 0.25) is 10.8 Å². The van der Waals surface area contributed by atoms with Crippen LogP contribution in [0, 0.1) is 5.13 Å². The number of hydrogen-bond donors (Lipinski definition) is 2. The summed E-state index contributed by atoms with van der Waals surface area (Å²) in [5.41, 5.74) is -0.469. The summed E-state index contributed by atoms with van der Waals surface area (Å²) in [6.45, 7) is 0.0267. The van der Waals surface area contributed by atoms with E-state index >= 15 is 0 Å². The summed E-state index contributed by atoms with van der Waals surface area (Å²) < 4.78 is 18.8. The summed E-state index contributed by atoms with van der Waals surface area (Å²) in [4.78, 5) is 30.7. The predicted octanol–water partition coefficient (Wildman–Crippen LogP) is 2.47. The van der Waals surface area contributed by atoms with Gasteiger partial charge in [0.15, 0.2) is 5.13 Å². The Kier molecular flexibility index (Phi) is 5.79. The molecule has 0 aliphatic rings. The van der Waals surface area contributed by atoms with Crippen molar-refractivity contribution in [3.05, 3.63) is 46.7 Å². The number of hydrogen-bond acceptors (Lipinski definition) is 7. The average Bonchev–Trinajstić information content (AvgIpc) is 2.91. The van der Waals surface area contributed by atoms with Crippen LogP contribution >= 0.6 is 11.3 Å². The van der Waals surface area contributed by atoms with Gasteiger partial charge in [-0.05, 0) is 5.56 Å². The molecule has 0 unspecified atom stereocenters. The van der Waals surface area contributed by atoms with E-state index in [0.717, 1.165) is 12.7 Å². The molecule has 2 aromatic rings. The van der Waals surface area contributed by atoms with Crippen molar-refractivity contribution in [3.8, 4) is 0 Å². The van der Waals surface area contributed by atoms with E-state index in [4.69, 9.17) is 9.84 Å². The van der Waals surface area contributed by atoms with Gasteiger partial charge < -0.3 is 14.7 Å². The molecule has 1 heterocycles. The van der Waals surface area contributed by atoms with E-state index in [2.05, 4.69) is 20.3 Å². The maximum Gasteiger partial charge on any atom is 0.413 e. The summed E-state index contributed by atoms with van der Waals surface area (Å²) >= 11 is 0.447. The molecule has 8 nitrogen and oxygen atoms in total. The number of carbonyl (C=O) groups is 2. The Labute approximate surface area is 139 Å². The zero-order valence-corrected chi connectivity index (χ0v) is 13.2. The Morgan fingerprint density at radius 2 is 2.08 bits per heavy atom. The minimum atomic E-state index is -1.51. The zero-order valence-electron chi connectivity index (χ0n) is 12.4. The Morgan fingerprint density at radius 1 is 1.38 bits per heavy atom. The minimum Gasteiger partial charge on any atom is -0.476 e. The van der Waals surface area contributed by atoms with Crippen LogP contribution in [0.3, 0.4) is 0 Å². The number of rotatable bonds is 6. The molecule has 0 spiro atoms. The normalized spacial score (nSPS) is 11.0. The van der Waals surface area contributed by atoms with E-state index in [-0.39, 0.29) is 11.7 Å². The molecule has 0 fully saturated rings. The third kappa shape index (κ3) is 4.49. The lowest BCUT2D eigenvalue weighted by atomic mass is 10.2. The van der Waals surface area contributed by atoms with E-state index in [1.807, 2.05) is 6.07 Å². The van der Waals surface area contributed by atoms with Crippen LogP contribution < -0.4 is 5.32 Å². The van der Waals surface area contributed by atoms with Gasteiger partial charge in [-0.1, -0.05) is 46.8 Å². The molecule has 1 aromatic heterocycles. The number of carboxylic acid groups (broad SMARTS) is 1. The number of amides is 1. The molecule has 1 aromatic carbocycles. The largest absolute Gasteiger partial charge is 0.476 e. The highest BCUT2D eigenvalue weighted by atomic mass is 32.1. The van der Waals surface area contributed by atoms with Crippen LogP contribution in [0.4, 0.5) is 14.3 Å². The first-order valence-corrected chi connectivity index (χ1v) is 7.31. The second-order valence-corrected chi connectivity index (χ2v) is 5.20. The van der Waals surface area contributed by atoms with Gasteiger partial charge in [0.25, 0.3) is 0 Å². The second kappa shape index (κ2) is 8.02. The van der Waals surface area contributed by atoms with Crippen LogP contribution in [0.2, 0.25) is 0 Å². The van der Waals surface area contributed by atoms with E-state index in [1.165, 1.54) is 0 Å². The maximum atomic E-state index is 13.8. The van der Waals surface area contributed by atoms with Crippen molar-refractivity contribution in [1.82, 2.24) is 4.98 Å². The van der Waals surface area contributed by atoms with Crippen LogP contribution in [0.5, 0.6) is 0 Å². The minimum absolute atomic E-state index is 0.0267. The number of anilines is 1. The standard InChI is InChI=1S/C14H12FN3O5S/c1-22-18-10(12(19)20)9-11(15)24-13(16-9)17-14(21)23-7-8-5-3-2-4-6-8/h2-6H,7H2,1H3,(H,19,20)(H,16,17,21). The highest BCUT2D eigenvalue weighted by molar-refractivity contribution is 7.14. The number of ether oxygens (including phenoxy) is 1. The lowest BCUT2D eigenvalue weighted by molar-refractivity contribution is -0.129. The number of benzene rings is 1. The number of aliphatic carboxylic acids is 1. The van der Waals surface area contributed by atoms with E-state index in [9.17, 15) is 14.0 Å². The van der Waals surface area contributed by atoms with Crippen molar-refractivity contribution in [1.29, 1.82) is 0 Å².